The van der Waals surface area contributed by atoms with Gasteiger partial charge >= 0.3 is 0 Å². The van der Waals surface area contributed by atoms with Crippen LogP contribution in [0, 0.1) is 5.41 Å². The van der Waals surface area contributed by atoms with Gasteiger partial charge in [-0.2, -0.15) is 0 Å². The molecule has 2 amide bonds. The third-order valence-electron chi connectivity index (χ3n) is 6.38. The molecule has 1 aromatic heterocycles. The summed E-state index contributed by atoms with van der Waals surface area (Å²) < 4.78 is 5.70. The molecule has 0 bridgehead atoms. The van der Waals surface area contributed by atoms with Crippen LogP contribution in [0.1, 0.15) is 44.1 Å². The normalized spacial score (nSPS) is 24.7. The van der Waals surface area contributed by atoms with Crippen molar-refractivity contribution in [3.63, 3.8) is 0 Å². The molecule has 0 aromatic carbocycles. The fourth-order valence-corrected chi connectivity index (χ4v) is 4.70. The number of piperidine rings is 1. The van der Waals surface area contributed by atoms with Crippen molar-refractivity contribution in [2.24, 2.45) is 5.41 Å². The summed E-state index contributed by atoms with van der Waals surface area (Å²) in [5.74, 6) is 0.482. The molecule has 4 heterocycles. The molecule has 6 heteroatoms. The number of hydrogen-bond donors (Lipinski definition) is 0. The Morgan fingerprint density at radius 2 is 2.19 bits per heavy atom. The lowest BCUT2D eigenvalue weighted by Crippen LogP contribution is -2.44. The Labute approximate surface area is 160 Å². The summed E-state index contributed by atoms with van der Waals surface area (Å²) in [6.45, 7) is 3.95. The Morgan fingerprint density at radius 1 is 1.33 bits per heavy atom. The summed E-state index contributed by atoms with van der Waals surface area (Å²) in [4.78, 5) is 33.1. The smallest absolute Gasteiger partial charge is 0.223 e. The van der Waals surface area contributed by atoms with Gasteiger partial charge < -0.3 is 14.5 Å². The van der Waals surface area contributed by atoms with Gasteiger partial charge in [-0.25, -0.2) is 0 Å². The lowest BCUT2D eigenvalue weighted by atomic mass is 9.77. The van der Waals surface area contributed by atoms with Gasteiger partial charge in [-0.3, -0.25) is 14.6 Å². The van der Waals surface area contributed by atoms with Crippen LogP contribution in [0.15, 0.2) is 24.5 Å². The highest BCUT2D eigenvalue weighted by Gasteiger charge is 2.45. The molecular formula is C21H29N3O3. The molecule has 3 aliphatic rings. The van der Waals surface area contributed by atoms with E-state index in [1.54, 1.807) is 6.20 Å². The molecule has 0 unspecified atom stereocenters. The first-order chi connectivity index (χ1) is 13.1. The van der Waals surface area contributed by atoms with E-state index in [2.05, 4.69) is 4.98 Å². The molecule has 0 radical (unpaired) electrons. The zero-order valence-electron chi connectivity index (χ0n) is 15.9. The number of nitrogens with zero attached hydrogens (tertiary/aromatic N) is 3. The Morgan fingerprint density at radius 3 is 2.89 bits per heavy atom. The van der Waals surface area contributed by atoms with Crippen LogP contribution in [0.5, 0.6) is 0 Å². The van der Waals surface area contributed by atoms with E-state index >= 15 is 0 Å². The van der Waals surface area contributed by atoms with Crippen LogP contribution in [-0.4, -0.2) is 65.5 Å². The second-order valence-electron chi connectivity index (χ2n) is 8.33. The monoisotopic (exact) mass is 371 g/mol. The van der Waals surface area contributed by atoms with Crippen molar-refractivity contribution in [3.8, 4) is 0 Å². The van der Waals surface area contributed by atoms with Crippen molar-refractivity contribution >= 4 is 11.8 Å². The molecule has 1 spiro atoms. The fraction of sp³-hybridized carbons (Fsp3) is 0.667. The van der Waals surface area contributed by atoms with Crippen LogP contribution < -0.4 is 0 Å². The SMILES string of the molecule is O=C(CCc1cccnc1)N1CCC2(CC1)CC(=O)N(C[C@H]1CCCO1)C2. The summed E-state index contributed by atoms with van der Waals surface area (Å²) >= 11 is 0. The number of likely N-dealkylation sites (tertiary alicyclic amines) is 2. The zero-order chi connectivity index (χ0) is 18.7. The van der Waals surface area contributed by atoms with Gasteiger partial charge in [-0.05, 0) is 43.7 Å². The third kappa shape index (κ3) is 4.32. The minimum atomic E-state index is 0.0653. The molecule has 0 aliphatic carbocycles. The van der Waals surface area contributed by atoms with Crippen LogP contribution in [0.4, 0.5) is 0 Å². The second-order valence-corrected chi connectivity index (χ2v) is 8.33. The summed E-state index contributed by atoms with van der Waals surface area (Å²) in [5, 5.41) is 0. The summed E-state index contributed by atoms with van der Waals surface area (Å²) in [7, 11) is 0. The van der Waals surface area contributed by atoms with Crippen molar-refractivity contribution in [2.75, 3.05) is 32.8 Å². The minimum Gasteiger partial charge on any atom is -0.376 e. The van der Waals surface area contributed by atoms with E-state index in [0.717, 1.165) is 70.5 Å². The molecule has 6 nitrogen and oxygen atoms in total. The van der Waals surface area contributed by atoms with Crippen molar-refractivity contribution in [3.05, 3.63) is 30.1 Å². The summed E-state index contributed by atoms with van der Waals surface area (Å²) in [6.07, 6.45) is 9.73. The summed E-state index contributed by atoms with van der Waals surface area (Å²) in [5.41, 5.74) is 1.17. The molecule has 1 aromatic rings. The largest absolute Gasteiger partial charge is 0.376 e. The van der Waals surface area contributed by atoms with E-state index in [9.17, 15) is 9.59 Å². The first kappa shape index (κ1) is 18.4. The van der Waals surface area contributed by atoms with Crippen LogP contribution in [0.2, 0.25) is 0 Å². The molecule has 4 rings (SSSR count). The highest BCUT2D eigenvalue weighted by atomic mass is 16.5. The van der Waals surface area contributed by atoms with E-state index in [1.807, 2.05) is 28.1 Å². The number of amides is 2. The van der Waals surface area contributed by atoms with Gasteiger partial charge in [0.15, 0.2) is 0 Å². The Balaban J connectivity index is 1.25. The number of ether oxygens (including phenoxy) is 1. The lowest BCUT2D eigenvalue weighted by molar-refractivity contribution is -0.133. The Bertz CT molecular complexity index is 665. The molecule has 3 fully saturated rings. The number of carbonyl (C=O) groups excluding carboxylic acids is 2. The van der Waals surface area contributed by atoms with Crippen molar-refractivity contribution < 1.29 is 14.3 Å². The molecule has 3 saturated heterocycles. The maximum Gasteiger partial charge on any atom is 0.223 e. The third-order valence-corrected chi connectivity index (χ3v) is 6.38. The van der Waals surface area contributed by atoms with Gasteiger partial charge in [-0.1, -0.05) is 6.07 Å². The van der Waals surface area contributed by atoms with Gasteiger partial charge in [0.25, 0.3) is 0 Å². The van der Waals surface area contributed by atoms with Crippen molar-refractivity contribution in [2.45, 2.75) is 51.0 Å². The van der Waals surface area contributed by atoms with E-state index in [-0.39, 0.29) is 23.3 Å². The standard InChI is InChI=1S/C21H29N3O3/c25-19(6-5-17-3-1-9-22-14-17)23-10-7-21(8-11-23)13-20(26)24(16-21)15-18-4-2-12-27-18/h1,3,9,14,18H,2,4-8,10-13,15-16H2/t18-/m1/s1. The van der Waals surface area contributed by atoms with E-state index in [1.165, 1.54) is 0 Å². The highest BCUT2D eigenvalue weighted by Crippen LogP contribution is 2.41. The molecular weight excluding hydrogens is 342 g/mol. The fourth-order valence-electron chi connectivity index (χ4n) is 4.70. The maximum absolute atomic E-state index is 12.5. The number of hydrogen-bond acceptors (Lipinski definition) is 4. The van der Waals surface area contributed by atoms with Gasteiger partial charge in [0, 0.05) is 63.4 Å². The number of carbonyl (C=O) groups is 2. The zero-order valence-corrected chi connectivity index (χ0v) is 15.9. The lowest BCUT2D eigenvalue weighted by Gasteiger charge is -2.39. The molecule has 0 N–H and O–H groups in total. The average Bonchev–Trinajstić information content (AvgIpc) is 3.30. The first-order valence-corrected chi connectivity index (χ1v) is 10.2. The molecule has 3 aliphatic heterocycles. The van der Waals surface area contributed by atoms with Gasteiger partial charge in [0.2, 0.25) is 11.8 Å². The minimum absolute atomic E-state index is 0.0653. The number of rotatable bonds is 5. The van der Waals surface area contributed by atoms with Gasteiger partial charge in [0.05, 0.1) is 6.10 Å². The predicted octanol–water partition coefficient (Wildman–Crippen LogP) is 2.03. The number of aromatic nitrogens is 1. The van der Waals surface area contributed by atoms with E-state index in [0.29, 0.717) is 12.8 Å². The molecule has 1 atom stereocenters. The van der Waals surface area contributed by atoms with Crippen molar-refractivity contribution in [1.29, 1.82) is 0 Å². The van der Waals surface area contributed by atoms with Crippen molar-refractivity contribution in [1.82, 2.24) is 14.8 Å². The average molecular weight is 371 g/mol. The Hall–Kier alpha value is -1.95. The van der Waals surface area contributed by atoms with Crippen LogP contribution in [0.3, 0.4) is 0 Å². The number of aryl methyl sites for hydroxylation is 1. The maximum atomic E-state index is 12.5. The van der Waals surface area contributed by atoms with Crippen LogP contribution in [-0.2, 0) is 20.7 Å². The molecule has 27 heavy (non-hydrogen) atoms. The van der Waals surface area contributed by atoms with Crippen LogP contribution >= 0.6 is 0 Å². The predicted molar refractivity (Wildman–Crippen MR) is 101 cm³/mol. The topological polar surface area (TPSA) is 62.7 Å². The quantitative estimate of drug-likeness (QED) is 0.795. The molecule has 0 saturated carbocycles. The van der Waals surface area contributed by atoms with Crippen LogP contribution in [0.25, 0.3) is 0 Å². The van der Waals surface area contributed by atoms with E-state index in [4.69, 9.17) is 4.74 Å². The second kappa shape index (κ2) is 7.97. The molecule has 146 valence electrons. The van der Waals surface area contributed by atoms with Gasteiger partial charge in [0.1, 0.15) is 0 Å². The Kier molecular flexibility index (Phi) is 5.43. The summed E-state index contributed by atoms with van der Waals surface area (Å²) in [6, 6.07) is 3.92. The van der Waals surface area contributed by atoms with E-state index < -0.39 is 0 Å². The highest BCUT2D eigenvalue weighted by molar-refractivity contribution is 5.80. The first-order valence-electron chi connectivity index (χ1n) is 10.2. The number of pyridine rings is 1. The van der Waals surface area contributed by atoms with Gasteiger partial charge in [-0.15, -0.1) is 0 Å².